The number of aromatic amines is 1. The summed E-state index contributed by atoms with van der Waals surface area (Å²) in [4.78, 5) is 48.7. The first-order chi connectivity index (χ1) is 23.9. The van der Waals surface area contributed by atoms with Crippen molar-refractivity contribution in [1.29, 1.82) is 0 Å². The fourth-order valence-electron chi connectivity index (χ4n) is 7.60. The summed E-state index contributed by atoms with van der Waals surface area (Å²) in [6.07, 6.45) is -0.329. The van der Waals surface area contributed by atoms with Gasteiger partial charge in [0.2, 0.25) is 5.91 Å². The van der Waals surface area contributed by atoms with Crippen LogP contribution in [0.5, 0.6) is 5.75 Å². The fourth-order valence-corrected chi connectivity index (χ4v) is 7.84. The number of aromatic hydroxyl groups is 1. The number of benzene rings is 2. The van der Waals surface area contributed by atoms with Gasteiger partial charge in [0, 0.05) is 38.2 Å². The van der Waals surface area contributed by atoms with E-state index in [9.17, 15) is 32.7 Å². The lowest BCUT2D eigenvalue weighted by Gasteiger charge is -2.40. The minimum Gasteiger partial charge on any atom is -0.506 e. The van der Waals surface area contributed by atoms with Crippen molar-refractivity contribution < 1.29 is 27.9 Å². The summed E-state index contributed by atoms with van der Waals surface area (Å²) < 4.78 is 42.6. The molecule has 0 radical (unpaired) electrons. The van der Waals surface area contributed by atoms with E-state index >= 15 is 0 Å². The first kappa shape index (κ1) is 35.8. The van der Waals surface area contributed by atoms with Crippen LogP contribution in [0.15, 0.2) is 47.3 Å². The topological polar surface area (TPSA) is 127 Å². The number of amides is 3. The highest BCUT2D eigenvalue weighted by Gasteiger charge is 2.38. The van der Waals surface area contributed by atoms with Gasteiger partial charge < -0.3 is 25.1 Å². The van der Waals surface area contributed by atoms with Gasteiger partial charge >= 0.3 is 17.9 Å². The Bertz CT molecular complexity index is 1710. The molecule has 15 heteroatoms. The molecule has 3 fully saturated rings. The Hall–Kier alpha value is -4.04. The number of urea groups is 1. The van der Waals surface area contributed by atoms with Gasteiger partial charge in [-0.3, -0.25) is 9.78 Å². The van der Waals surface area contributed by atoms with Crippen molar-refractivity contribution >= 4 is 23.5 Å². The number of alkyl halides is 3. The number of hydrogen-bond acceptors (Lipinski definition) is 6. The van der Waals surface area contributed by atoms with E-state index in [1.165, 1.54) is 10.7 Å². The van der Waals surface area contributed by atoms with Crippen LogP contribution in [0.1, 0.15) is 55.7 Å². The number of aromatic nitrogens is 3. The third-order valence-corrected chi connectivity index (χ3v) is 10.8. The Labute approximate surface area is 293 Å². The largest absolute Gasteiger partial charge is 0.506 e. The zero-order valence-electron chi connectivity index (χ0n) is 28.0. The lowest BCUT2D eigenvalue weighted by Crippen LogP contribution is -2.55. The van der Waals surface area contributed by atoms with Crippen molar-refractivity contribution in [3.63, 3.8) is 0 Å². The van der Waals surface area contributed by atoms with E-state index in [0.29, 0.717) is 43.6 Å². The second-order valence-corrected chi connectivity index (χ2v) is 14.2. The molecule has 3 N–H and O–H groups in total. The molecule has 270 valence electrons. The maximum absolute atomic E-state index is 14.0. The molecule has 3 aromatic rings. The molecule has 0 spiro atoms. The Kier molecular flexibility index (Phi) is 10.8. The molecule has 0 saturated carbocycles. The van der Waals surface area contributed by atoms with Crippen LogP contribution in [0.2, 0.25) is 5.02 Å². The lowest BCUT2D eigenvalue weighted by molar-refractivity contribution is -0.138. The molecule has 11 nitrogen and oxygen atoms in total. The van der Waals surface area contributed by atoms with Crippen LogP contribution >= 0.6 is 11.6 Å². The fraction of sp³-hybridized carbons (Fsp3) is 0.543. The molecule has 3 aliphatic rings. The minimum absolute atomic E-state index is 0.0609. The number of halogens is 4. The average molecular weight is 718 g/mol. The molecule has 1 aromatic heterocycles. The highest BCUT2D eigenvalue weighted by atomic mass is 35.5. The van der Waals surface area contributed by atoms with Gasteiger partial charge in [0.05, 0.1) is 16.6 Å². The van der Waals surface area contributed by atoms with E-state index in [1.54, 1.807) is 9.80 Å². The molecule has 3 saturated heterocycles. The number of phenolic OH excluding ortho intramolecular Hbond substituents is 1. The van der Waals surface area contributed by atoms with Gasteiger partial charge in [-0.1, -0.05) is 41.9 Å². The van der Waals surface area contributed by atoms with Crippen molar-refractivity contribution in [1.82, 2.24) is 34.8 Å². The van der Waals surface area contributed by atoms with Crippen LogP contribution in [0, 0.1) is 11.8 Å². The van der Waals surface area contributed by atoms with E-state index in [-0.39, 0.29) is 42.7 Å². The second-order valence-electron chi connectivity index (χ2n) is 13.8. The highest BCUT2D eigenvalue weighted by Crippen LogP contribution is 2.41. The monoisotopic (exact) mass is 717 g/mol. The van der Waals surface area contributed by atoms with Gasteiger partial charge in [0.25, 0.3) is 0 Å². The number of piperidine rings is 3. The van der Waals surface area contributed by atoms with Gasteiger partial charge in [-0.15, -0.1) is 5.10 Å². The molecule has 1 atom stereocenters. The van der Waals surface area contributed by atoms with Crippen molar-refractivity contribution in [2.24, 2.45) is 11.8 Å². The summed E-state index contributed by atoms with van der Waals surface area (Å²) in [6, 6.07) is 9.31. The van der Waals surface area contributed by atoms with Gasteiger partial charge in [-0.25, -0.2) is 14.3 Å². The quantitative estimate of drug-likeness (QED) is 0.310. The number of rotatable bonds is 7. The predicted molar refractivity (Wildman–Crippen MR) is 182 cm³/mol. The summed E-state index contributed by atoms with van der Waals surface area (Å²) >= 11 is 6.00. The van der Waals surface area contributed by atoms with Crippen molar-refractivity contribution in [3.8, 4) is 17.1 Å². The molecule has 3 aliphatic heterocycles. The normalized spacial score (nSPS) is 19.5. The molecular formula is C35H43ClF3N7O4. The highest BCUT2D eigenvalue weighted by molar-refractivity contribution is 6.32. The molecule has 2 aromatic carbocycles. The number of nitrogens with one attached hydrogen (secondary N) is 2. The molecule has 4 heterocycles. The van der Waals surface area contributed by atoms with Gasteiger partial charge in [0.1, 0.15) is 11.8 Å². The molecular weight excluding hydrogens is 675 g/mol. The average Bonchev–Trinajstić information content (AvgIpc) is 3.50. The van der Waals surface area contributed by atoms with Crippen LogP contribution in [0.25, 0.3) is 11.4 Å². The Morgan fingerprint density at radius 3 is 2.18 bits per heavy atom. The van der Waals surface area contributed by atoms with Gasteiger partial charge in [0.15, 0.2) is 5.82 Å². The van der Waals surface area contributed by atoms with Crippen molar-refractivity contribution in [2.45, 2.75) is 63.2 Å². The van der Waals surface area contributed by atoms with Crippen molar-refractivity contribution in [3.05, 3.63) is 69.1 Å². The maximum Gasteiger partial charge on any atom is 0.420 e. The molecule has 0 unspecified atom stereocenters. The number of likely N-dealkylation sites (tertiary alicyclic amines) is 3. The van der Waals surface area contributed by atoms with Crippen LogP contribution in [0.3, 0.4) is 0 Å². The number of nitrogens with zero attached hydrogens (tertiary/aromatic N) is 5. The number of carbonyl (C=O) groups excluding carboxylic acids is 2. The zero-order chi connectivity index (χ0) is 35.6. The number of carbonyl (C=O) groups is 2. The van der Waals surface area contributed by atoms with Crippen LogP contribution < -0.4 is 11.0 Å². The van der Waals surface area contributed by atoms with E-state index in [4.69, 9.17) is 11.6 Å². The smallest absolute Gasteiger partial charge is 0.420 e. The second kappa shape index (κ2) is 15.1. The molecule has 0 bridgehead atoms. The molecule has 6 rings (SSSR count). The molecule has 50 heavy (non-hydrogen) atoms. The minimum atomic E-state index is -4.87. The summed E-state index contributed by atoms with van der Waals surface area (Å²) in [7, 11) is 2.12. The van der Waals surface area contributed by atoms with E-state index in [2.05, 4.69) is 27.3 Å². The van der Waals surface area contributed by atoms with E-state index in [0.717, 1.165) is 50.4 Å². The molecule has 3 amide bonds. The summed E-state index contributed by atoms with van der Waals surface area (Å²) in [5, 5.41) is 16.8. The number of hydrogen-bond donors (Lipinski definition) is 3. The Morgan fingerprint density at radius 2 is 1.56 bits per heavy atom. The Morgan fingerprint density at radius 1 is 0.960 bits per heavy atom. The number of H-pyrrole nitrogens is 1. The van der Waals surface area contributed by atoms with Gasteiger partial charge in [-0.2, -0.15) is 13.2 Å². The van der Waals surface area contributed by atoms with E-state index < -0.39 is 34.6 Å². The van der Waals surface area contributed by atoms with Crippen LogP contribution in [-0.4, -0.2) is 98.9 Å². The first-order valence-electron chi connectivity index (χ1n) is 17.2. The third kappa shape index (κ3) is 8.12. The summed E-state index contributed by atoms with van der Waals surface area (Å²) in [5.41, 5.74) is -0.810. The van der Waals surface area contributed by atoms with Crippen LogP contribution in [-0.2, 0) is 17.4 Å². The van der Waals surface area contributed by atoms with E-state index in [1.807, 2.05) is 30.3 Å². The zero-order valence-corrected chi connectivity index (χ0v) is 28.7. The third-order valence-electron chi connectivity index (χ3n) is 10.5. The standard InChI is InChI=1S/C35H43ClF3N7O4/c1-43-13-7-23(8-14-43)24-9-15-44(16-10-24)32(48)29(21-22-19-27(35(37,38)39)30(47)28(36)20-22)40-33(49)45-17-11-26(12-18-45)46-34(50)41-31(42-46)25-5-3-2-4-6-25/h2-6,19-20,23-24,26,29,47H,7-18,21H2,1H3,(H,40,49)(H,41,42,50)/t29-/m1/s1. The first-order valence-corrected chi connectivity index (χ1v) is 17.6. The SMILES string of the molecule is CN1CCC(C2CCN(C(=O)[C@@H](Cc3cc(Cl)c(O)c(C(F)(F)F)c3)NC(=O)N3CCC(n4nc(-c5ccccc5)[nH]c4=O)CC3)CC2)CC1. The van der Waals surface area contributed by atoms with Gasteiger partial charge in [-0.05, 0) is 88.2 Å². The lowest BCUT2D eigenvalue weighted by atomic mass is 9.79. The summed E-state index contributed by atoms with van der Waals surface area (Å²) in [5.74, 6) is 0.0997. The number of phenols is 1. The summed E-state index contributed by atoms with van der Waals surface area (Å²) in [6.45, 7) is 3.67. The Balaban J connectivity index is 1.14. The predicted octanol–water partition coefficient (Wildman–Crippen LogP) is 5.15. The van der Waals surface area contributed by atoms with Crippen LogP contribution in [0.4, 0.5) is 18.0 Å². The maximum atomic E-state index is 14.0. The molecule has 0 aliphatic carbocycles. The van der Waals surface area contributed by atoms with Crippen molar-refractivity contribution in [2.75, 3.05) is 46.3 Å².